The van der Waals surface area contributed by atoms with Gasteiger partial charge in [-0.25, -0.2) is 4.98 Å². The summed E-state index contributed by atoms with van der Waals surface area (Å²) in [5.41, 5.74) is 9.41. The third-order valence-electron chi connectivity index (χ3n) is 3.29. The van der Waals surface area contributed by atoms with E-state index in [9.17, 15) is 0 Å². The standard InChI is InChI=1S/C16H19ClN4/c1-10-8-11(2)20-16(14(10)15(18)19)21(3)9-12-4-6-13(17)7-5-12/h4-8H,9H2,1-3H3,(H3,18,19). The van der Waals surface area contributed by atoms with Gasteiger partial charge in [0.05, 0.1) is 5.56 Å². The molecule has 21 heavy (non-hydrogen) atoms. The SMILES string of the molecule is Cc1cc(C)c(C(=N)N)c(N(C)Cc2ccc(Cl)cc2)n1. The average Bonchev–Trinajstić information content (AvgIpc) is 2.39. The van der Waals surface area contributed by atoms with Gasteiger partial charge in [0.1, 0.15) is 11.7 Å². The van der Waals surface area contributed by atoms with E-state index in [1.54, 1.807) is 0 Å². The quantitative estimate of drug-likeness (QED) is 0.673. The summed E-state index contributed by atoms with van der Waals surface area (Å²) in [4.78, 5) is 6.55. The molecule has 1 heterocycles. The molecular weight excluding hydrogens is 284 g/mol. The summed E-state index contributed by atoms with van der Waals surface area (Å²) in [7, 11) is 1.95. The van der Waals surface area contributed by atoms with E-state index in [1.807, 2.05) is 56.1 Å². The van der Waals surface area contributed by atoms with Gasteiger partial charge in [0.2, 0.25) is 0 Å². The normalized spacial score (nSPS) is 10.5. The van der Waals surface area contributed by atoms with Gasteiger partial charge in [0.15, 0.2) is 0 Å². The predicted molar refractivity (Wildman–Crippen MR) is 88.3 cm³/mol. The number of pyridine rings is 1. The molecule has 2 rings (SSSR count). The average molecular weight is 303 g/mol. The molecule has 0 bridgehead atoms. The summed E-state index contributed by atoms with van der Waals surface area (Å²) in [5, 5.41) is 8.50. The molecule has 1 aromatic heterocycles. The molecule has 0 saturated heterocycles. The van der Waals surface area contributed by atoms with Gasteiger partial charge in [-0.1, -0.05) is 23.7 Å². The maximum absolute atomic E-state index is 7.78. The van der Waals surface area contributed by atoms with Crippen molar-refractivity contribution in [1.29, 1.82) is 5.41 Å². The van der Waals surface area contributed by atoms with Crippen LogP contribution in [0.4, 0.5) is 5.82 Å². The van der Waals surface area contributed by atoms with E-state index in [-0.39, 0.29) is 5.84 Å². The van der Waals surface area contributed by atoms with Crippen LogP contribution in [0.5, 0.6) is 0 Å². The van der Waals surface area contributed by atoms with Crippen molar-refractivity contribution in [3.05, 3.63) is 57.7 Å². The van der Waals surface area contributed by atoms with Crippen molar-refractivity contribution in [2.45, 2.75) is 20.4 Å². The second-order valence-electron chi connectivity index (χ2n) is 5.18. The fourth-order valence-electron chi connectivity index (χ4n) is 2.36. The first-order valence-corrected chi connectivity index (χ1v) is 7.04. The highest BCUT2D eigenvalue weighted by Gasteiger charge is 2.15. The van der Waals surface area contributed by atoms with Crippen LogP contribution in [-0.4, -0.2) is 17.9 Å². The second kappa shape index (κ2) is 6.14. The van der Waals surface area contributed by atoms with E-state index in [2.05, 4.69) is 4.98 Å². The molecule has 0 fully saturated rings. The highest BCUT2D eigenvalue weighted by molar-refractivity contribution is 6.30. The zero-order chi connectivity index (χ0) is 15.6. The number of hydrogen-bond acceptors (Lipinski definition) is 3. The summed E-state index contributed by atoms with van der Waals surface area (Å²) in [6.45, 7) is 4.56. The molecule has 5 heteroatoms. The van der Waals surface area contributed by atoms with Crippen LogP contribution in [-0.2, 0) is 6.54 Å². The van der Waals surface area contributed by atoms with Crippen molar-refractivity contribution in [3.8, 4) is 0 Å². The van der Waals surface area contributed by atoms with Crippen LogP contribution in [0.1, 0.15) is 22.4 Å². The van der Waals surface area contributed by atoms with E-state index in [4.69, 9.17) is 22.7 Å². The Morgan fingerprint density at radius 1 is 1.29 bits per heavy atom. The molecule has 0 amide bonds. The Labute approximate surface area is 130 Å². The summed E-state index contributed by atoms with van der Waals surface area (Å²) in [5.74, 6) is 0.771. The maximum atomic E-state index is 7.78. The van der Waals surface area contributed by atoms with Gasteiger partial charge < -0.3 is 10.6 Å². The molecule has 1 aromatic carbocycles. The Morgan fingerprint density at radius 2 is 1.90 bits per heavy atom. The molecule has 0 aliphatic carbocycles. The van der Waals surface area contributed by atoms with E-state index in [0.29, 0.717) is 12.1 Å². The molecular formula is C16H19ClN4. The number of nitrogens with zero attached hydrogens (tertiary/aromatic N) is 2. The molecule has 0 aliphatic heterocycles. The van der Waals surface area contributed by atoms with Gasteiger partial charge in [0.25, 0.3) is 0 Å². The van der Waals surface area contributed by atoms with Crippen molar-refractivity contribution in [2.24, 2.45) is 5.73 Å². The zero-order valence-corrected chi connectivity index (χ0v) is 13.2. The van der Waals surface area contributed by atoms with Gasteiger partial charge >= 0.3 is 0 Å². The molecule has 4 nitrogen and oxygen atoms in total. The maximum Gasteiger partial charge on any atom is 0.140 e. The van der Waals surface area contributed by atoms with Gasteiger partial charge in [-0.3, -0.25) is 5.41 Å². The largest absolute Gasteiger partial charge is 0.384 e. The third-order valence-corrected chi connectivity index (χ3v) is 3.54. The number of nitrogens with two attached hydrogens (primary N) is 1. The lowest BCUT2D eigenvalue weighted by Crippen LogP contribution is -2.24. The molecule has 3 N–H and O–H groups in total. The van der Waals surface area contributed by atoms with E-state index >= 15 is 0 Å². The zero-order valence-electron chi connectivity index (χ0n) is 12.4. The highest BCUT2D eigenvalue weighted by atomic mass is 35.5. The van der Waals surface area contributed by atoms with Gasteiger partial charge in [-0.05, 0) is 43.2 Å². The topological polar surface area (TPSA) is 66.0 Å². The van der Waals surface area contributed by atoms with Crippen molar-refractivity contribution < 1.29 is 0 Å². The first-order chi connectivity index (χ1) is 9.88. The summed E-state index contributed by atoms with van der Waals surface area (Å²) in [6.07, 6.45) is 0. The van der Waals surface area contributed by atoms with Crippen LogP contribution in [0.25, 0.3) is 0 Å². The lowest BCUT2D eigenvalue weighted by molar-refractivity contribution is 0.887. The smallest absolute Gasteiger partial charge is 0.140 e. The van der Waals surface area contributed by atoms with Crippen LogP contribution in [0.15, 0.2) is 30.3 Å². The fourth-order valence-corrected chi connectivity index (χ4v) is 2.49. The van der Waals surface area contributed by atoms with E-state index < -0.39 is 0 Å². The molecule has 2 aromatic rings. The molecule has 0 radical (unpaired) electrons. The van der Waals surface area contributed by atoms with Crippen molar-refractivity contribution in [3.63, 3.8) is 0 Å². The van der Waals surface area contributed by atoms with Crippen LogP contribution in [0.2, 0.25) is 5.02 Å². The Bertz CT molecular complexity index is 665. The fraction of sp³-hybridized carbons (Fsp3) is 0.250. The van der Waals surface area contributed by atoms with Crippen molar-refractivity contribution in [2.75, 3.05) is 11.9 Å². The minimum absolute atomic E-state index is 0.0398. The van der Waals surface area contributed by atoms with Crippen LogP contribution >= 0.6 is 11.6 Å². The van der Waals surface area contributed by atoms with Crippen LogP contribution in [0.3, 0.4) is 0 Å². The van der Waals surface area contributed by atoms with Gasteiger partial charge in [-0.2, -0.15) is 0 Å². The first kappa shape index (κ1) is 15.3. The van der Waals surface area contributed by atoms with Crippen LogP contribution < -0.4 is 10.6 Å². The summed E-state index contributed by atoms with van der Waals surface area (Å²) in [6, 6.07) is 9.64. The summed E-state index contributed by atoms with van der Waals surface area (Å²) >= 11 is 5.90. The molecule has 0 aliphatic rings. The van der Waals surface area contributed by atoms with Crippen LogP contribution in [0, 0.1) is 19.3 Å². The summed E-state index contributed by atoms with van der Waals surface area (Å²) < 4.78 is 0. The lowest BCUT2D eigenvalue weighted by Gasteiger charge is -2.23. The van der Waals surface area contributed by atoms with Gasteiger partial charge in [0, 0.05) is 24.3 Å². The third kappa shape index (κ3) is 3.52. The number of aromatic nitrogens is 1. The predicted octanol–water partition coefficient (Wildman–Crippen LogP) is 3.27. The Balaban J connectivity index is 2.36. The Hall–Kier alpha value is -2.07. The highest BCUT2D eigenvalue weighted by Crippen LogP contribution is 2.23. The molecule has 0 atom stereocenters. The number of rotatable bonds is 4. The molecule has 110 valence electrons. The van der Waals surface area contributed by atoms with Crippen molar-refractivity contribution in [1.82, 2.24) is 4.98 Å². The second-order valence-corrected chi connectivity index (χ2v) is 5.61. The number of hydrogen-bond donors (Lipinski definition) is 2. The number of anilines is 1. The Morgan fingerprint density at radius 3 is 2.48 bits per heavy atom. The van der Waals surface area contributed by atoms with Gasteiger partial charge in [-0.15, -0.1) is 0 Å². The Kier molecular flexibility index (Phi) is 4.48. The number of halogens is 1. The van der Waals surface area contributed by atoms with Crippen molar-refractivity contribution >= 4 is 23.3 Å². The lowest BCUT2D eigenvalue weighted by atomic mass is 10.1. The number of amidine groups is 1. The number of nitrogens with one attached hydrogen (secondary N) is 1. The number of benzene rings is 1. The van der Waals surface area contributed by atoms with E-state index in [0.717, 1.165) is 27.7 Å². The molecule has 0 saturated carbocycles. The molecule has 0 unspecified atom stereocenters. The molecule has 0 spiro atoms. The van der Waals surface area contributed by atoms with E-state index in [1.165, 1.54) is 0 Å². The number of nitrogen functional groups attached to an aromatic ring is 1. The first-order valence-electron chi connectivity index (χ1n) is 6.66. The minimum atomic E-state index is 0.0398. The minimum Gasteiger partial charge on any atom is -0.384 e. The monoisotopic (exact) mass is 302 g/mol. The number of aryl methyl sites for hydroxylation is 2.